The molecule has 9 heteroatoms. The molecule has 0 saturated carbocycles. The van der Waals surface area contributed by atoms with Crippen LogP contribution in [0.15, 0.2) is 65.6 Å². The van der Waals surface area contributed by atoms with Crippen molar-refractivity contribution in [2.24, 2.45) is 0 Å². The second kappa shape index (κ2) is 9.39. The molecule has 0 bridgehead atoms. The van der Waals surface area contributed by atoms with E-state index < -0.39 is 22.0 Å². The molecular weight excluding hydrogens is 414 g/mol. The van der Waals surface area contributed by atoms with Crippen LogP contribution in [0.4, 0.5) is 0 Å². The molecule has 3 rings (SSSR count). The molecule has 154 valence electrons. The van der Waals surface area contributed by atoms with Crippen molar-refractivity contribution in [3.05, 3.63) is 66.2 Å². The average molecular weight is 436 g/mol. The van der Waals surface area contributed by atoms with Gasteiger partial charge in [-0.15, -0.1) is 11.6 Å². The monoisotopic (exact) mass is 435 g/mol. The Bertz CT molecular complexity index is 954. The van der Waals surface area contributed by atoms with E-state index in [9.17, 15) is 18.0 Å². The van der Waals surface area contributed by atoms with E-state index in [4.69, 9.17) is 11.6 Å². The SMILES string of the molecule is O=C(NCc1ccccc1)C1CN(C(=O)CCl)CCN1S(=O)(=O)c1ccccc1. The Morgan fingerprint density at radius 3 is 2.24 bits per heavy atom. The zero-order valence-corrected chi connectivity index (χ0v) is 17.3. The number of nitrogens with zero attached hydrogens (tertiary/aromatic N) is 2. The second-order valence-corrected chi connectivity index (χ2v) is 8.78. The third-order valence-electron chi connectivity index (χ3n) is 4.76. The van der Waals surface area contributed by atoms with Gasteiger partial charge in [0.2, 0.25) is 21.8 Å². The summed E-state index contributed by atoms with van der Waals surface area (Å²) in [6, 6.07) is 16.2. The topological polar surface area (TPSA) is 86.8 Å². The second-order valence-electron chi connectivity index (χ2n) is 6.62. The van der Waals surface area contributed by atoms with Crippen LogP contribution in [0.1, 0.15) is 5.56 Å². The van der Waals surface area contributed by atoms with E-state index in [1.807, 2.05) is 30.3 Å². The molecule has 29 heavy (non-hydrogen) atoms. The number of sulfonamides is 1. The first-order valence-corrected chi connectivity index (χ1v) is 11.1. The van der Waals surface area contributed by atoms with Gasteiger partial charge in [0.25, 0.3) is 0 Å². The lowest BCUT2D eigenvalue weighted by atomic mass is 10.1. The van der Waals surface area contributed by atoms with E-state index in [1.165, 1.54) is 21.3 Å². The van der Waals surface area contributed by atoms with Gasteiger partial charge in [-0.2, -0.15) is 4.31 Å². The van der Waals surface area contributed by atoms with Gasteiger partial charge in [-0.3, -0.25) is 9.59 Å². The summed E-state index contributed by atoms with van der Waals surface area (Å²) in [5.74, 6) is -1.01. The molecule has 2 aromatic carbocycles. The Balaban J connectivity index is 1.83. The maximum atomic E-state index is 13.1. The Hall–Kier alpha value is -2.42. The van der Waals surface area contributed by atoms with Gasteiger partial charge in [-0.1, -0.05) is 48.5 Å². The first-order chi connectivity index (χ1) is 13.9. The van der Waals surface area contributed by atoms with Crippen LogP contribution in [-0.2, 0) is 26.2 Å². The van der Waals surface area contributed by atoms with Crippen LogP contribution in [0.25, 0.3) is 0 Å². The number of rotatable bonds is 6. The van der Waals surface area contributed by atoms with Crippen molar-refractivity contribution in [1.82, 2.24) is 14.5 Å². The number of alkyl halides is 1. The fraction of sp³-hybridized carbons (Fsp3) is 0.300. The van der Waals surface area contributed by atoms with Crippen LogP contribution in [0.5, 0.6) is 0 Å². The number of nitrogens with one attached hydrogen (secondary N) is 1. The largest absolute Gasteiger partial charge is 0.351 e. The molecule has 1 atom stereocenters. The number of hydrogen-bond acceptors (Lipinski definition) is 4. The maximum absolute atomic E-state index is 13.1. The van der Waals surface area contributed by atoms with E-state index in [-0.39, 0.29) is 42.9 Å². The number of hydrogen-bond donors (Lipinski definition) is 1. The summed E-state index contributed by atoms with van der Waals surface area (Å²) in [6.07, 6.45) is 0. The third kappa shape index (κ3) is 4.95. The molecule has 0 aromatic heterocycles. The molecular formula is C20H22ClN3O4S. The third-order valence-corrected chi connectivity index (χ3v) is 6.91. The Morgan fingerprint density at radius 1 is 1.00 bits per heavy atom. The number of amides is 2. The minimum atomic E-state index is -3.89. The summed E-state index contributed by atoms with van der Waals surface area (Å²) in [4.78, 5) is 26.5. The summed E-state index contributed by atoms with van der Waals surface area (Å²) in [7, 11) is -3.89. The average Bonchev–Trinajstić information content (AvgIpc) is 2.77. The van der Waals surface area contributed by atoms with Crippen molar-refractivity contribution < 1.29 is 18.0 Å². The molecule has 1 aliphatic heterocycles. The summed E-state index contributed by atoms with van der Waals surface area (Å²) in [6.45, 7) is 0.417. The van der Waals surface area contributed by atoms with Gasteiger partial charge in [0, 0.05) is 26.2 Å². The standard InChI is InChI=1S/C20H22ClN3O4S/c21-13-19(25)23-11-12-24(29(27,28)17-9-5-2-6-10-17)18(15-23)20(26)22-14-16-7-3-1-4-8-16/h1-10,18H,11-15H2,(H,22,26). The minimum Gasteiger partial charge on any atom is -0.351 e. The number of carbonyl (C=O) groups is 2. The van der Waals surface area contributed by atoms with Crippen molar-refractivity contribution in [1.29, 1.82) is 0 Å². The van der Waals surface area contributed by atoms with E-state index in [2.05, 4.69) is 5.32 Å². The number of piperazine rings is 1. The highest BCUT2D eigenvalue weighted by molar-refractivity contribution is 7.89. The maximum Gasteiger partial charge on any atom is 0.243 e. The smallest absolute Gasteiger partial charge is 0.243 e. The van der Waals surface area contributed by atoms with Gasteiger partial charge < -0.3 is 10.2 Å². The first kappa shape index (κ1) is 21.3. The van der Waals surface area contributed by atoms with E-state index in [0.29, 0.717) is 0 Å². The predicted octanol–water partition coefficient (Wildman–Crippen LogP) is 1.44. The summed E-state index contributed by atoms with van der Waals surface area (Å²) in [5.41, 5.74) is 0.891. The molecule has 1 N–H and O–H groups in total. The summed E-state index contributed by atoms with van der Waals surface area (Å²) >= 11 is 5.65. The van der Waals surface area contributed by atoms with Crippen molar-refractivity contribution >= 4 is 33.4 Å². The molecule has 2 amide bonds. The summed E-state index contributed by atoms with van der Waals surface area (Å²) < 4.78 is 27.4. The molecule has 1 heterocycles. The molecule has 1 aliphatic rings. The number of carbonyl (C=O) groups excluding carboxylic acids is 2. The highest BCUT2D eigenvalue weighted by Crippen LogP contribution is 2.22. The first-order valence-electron chi connectivity index (χ1n) is 9.15. The van der Waals surface area contributed by atoms with Gasteiger partial charge in [0.05, 0.1) is 4.90 Å². The molecule has 0 spiro atoms. The molecule has 1 unspecified atom stereocenters. The molecule has 2 aromatic rings. The van der Waals surface area contributed by atoms with Gasteiger partial charge in [0.1, 0.15) is 11.9 Å². The molecule has 0 aliphatic carbocycles. The van der Waals surface area contributed by atoms with Gasteiger partial charge in [-0.25, -0.2) is 8.42 Å². The predicted molar refractivity (Wildman–Crippen MR) is 110 cm³/mol. The lowest BCUT2D eigenvalue weighted by Crippen LogP contribution is -2.61. The Morgan fingerprint density at radius 2 is 1.62 bits per heavy atom. The van der Waals surface area contributed by atoms with E-state index in [0.717, 1.165) is 5.56 Å². The fourth-order valence-corrected chi connectivity index (χ4v) is 4.97. The van der Waals surface area contributed by atoms with Crippen LogP contribution in [0.3, 0.4) is 0 Å². The van der Waals surface area contributed by atoms with Crippen LogP contribution in [0.2, 0.25) is 0 Å². The number of benzene rings is 2. The Labute approximate surface area is 175 Å². The van der Waals surface area contributed by atoms with E-state index in [1.54, 1.807) is 18.2 Å². The minimum absolute atomic E-state index is 0.0171. The van der Waals surface area contributed by atoms with Gasteiger partial charge in [0.15, 0.2) is 0 Å². The lowest BCUT2D eigenvalue weighted by molar-refractivity contribution is -0.134. The Kier molecular flexibility index (Phi) is 6.89. The molecule has 1 saturated heterocycles. The van der Waals surface area contributed by atoms with Crippen LogP contribution in [0, 0.1) is 0 Å². The number of halogens is 1. The molecule has 0 radical (unpaired) electrons. The summed E-state index contributed by atoms with van der Waals surface area (Å²) in [5, 5.41) is 2.78. The molecule has 7 nitrogen and oxygen atoms in total. The fourth-order valence-electron chi connectivity index (χ4n) is 3.21. The highest BCUT2D eigenvalue weighted by atomic mass is 35.5. The quantitative estimate of drug-likeness (QED) is 0.695. The van der Waals surface area contributed by atoms with Crippen molar-refractivity contribution in [3.63, 3.8) is 0 Å². The lowest BCUT2D eigenvalue weighted by Gasteiger charge is -2.39. The van der Waals surface area contributed by atoms with Gasteiger partial charge >= 0.3 is 0 Å². The van der Waals surface area contributed by atoms with Crippen LogP contribution >= 0.6 is 11.6 Å². The zero-order valence-electron chi connectivity index (χ0n) is 15.7. The van der Waals surface area contributed by atoms with Crippen molar-refractivity contribution in [3.8, 4) is 0 Å². The van der Waals surface area contributed by atoms with Gasteiger partial charge in [-0.05, 0) is 17.7 Å². The normalized spacial score (nSPS) is 17.7. The van der Waals surface area contributed by atoms with Crippen molar-refractivity contribution in [2.45, 2.75) is 17.5 Å². The highest BCUT2D eigenvalue weighted by Gasteiger charge is 2.41. The molecule has 1 fully saturated rings. The van der Waals surface area contributed by atoms with E-state index >= 15 is 0 Å². The zero-order chi connectivity index (χ0) is 20.9. The van der Waals surface area contributed by atoms with Crippen molar-refractivity contribution in [2.75, 3.05) is 25.5 Å². The van der Waals surface area contributed by atoms with Crippen LogP contribution < -0.4 is 5.32 Å². The van der Waals surface area contributed by atoms with Crippen LogP contribution in [-0.4, -0.2) is 61.0 Å².